The van der Waals surface area contributed by atoms with Crippen molar-refractivity contribution in [1.82, 2.24) is 14.5 Å². The third kappa shape index (κ3) is 4.71. The molecule has 0 radical (unpaired) electrons. The first-order valence-electron chi connectivity index (χ1n) is 9.55. The second-order valence-electron chi connectivity index (χ2n) is 7.13. The SMILES string of the molecule is COc1ccccc1CNC(=O)N1CCN(S(=O)(=O)c2ccc(C)cc2C)CC1. The maximum absolute atomic E-state index is 13.0. The summed E-state index contributed by atoms with van der Waals surface area (Å²) >= 11 is 0. The molecule has 1 N–H and O–H groups in total. The lowest BCUT2D eigenvalue weighted by Gasteiger charge is -2.34. The van der Waals surface area contributed by atoms with Crippen LogP contribution in [0.2, 0.25) is 0 Å². The molecule has 0 spiro atoms. The maximum Gasteiger partial charge on any atom is 0.317 e. The Hall–Kier alpha value is -2.58. The summed E-state index contributed by atoms with van der Waals surface area (Å²) in [7, 11) is -1.97. The highest BCUT2D eigenvalue weighted by molar-refractivity contribution is 7.89. The van der Waals surface area contributed by atoms with E-state index in [4.69, 9.17) is 4.74 Å². The van der Waals surface area contributed by atoms with Gasteiger partial charge in [0, 0.05) is 38.3 Å². The molecule has 2 aromatic rings. The first-order valence-corrected chi connectivity index (χ1v) is 11.0. The number of amides is 2. The van der Waals surface area contributed by atoms with Crippen LogP contribution in [0.15, 0.2) is 47.4 Å². The highest BCUT2D eigenvalue weighted by atomic mass is 32.2. The van der Waals surface area contributed by atoms with Gasteiger partial charge in [0.05, 0.1) is 12.0 Å². The van der Waals surface area contributed by atoms with Gasteiger partial charge >= 0.3 is 6.03 Å². The van der Waals surface area contributed by atoms with Crippen LogP contribution in [-0.4, -0.2) is 56.9 Å². The Morgan fingerprint density at radius 2 is 1.76 bits per heavy atom. The Balaban J connectivity index is 1.59. The molecule has 0 unspecified atom stereocenters. The zero-order chi connectivity index (χ0) is 21.0. The number of piperazine rings is 1. The van der Waals surface area contributed by atoms with Crippen molar-refractivity contribution >= 4 is 16.1 Å². The lowest BCUT2D eigenvalue weighted by molar-refractivity contribution is 0.172. The van der Waals surface area contributed by atoms with Crippen molar-refractivity contribution in [3.8, 4) is 5.75 Å². The molecule has 0 saturated carbocycles. The number of nitrogens with one attached hydrogen (secondary N) is 1. The molecule has 1 saturated heterocycles. The summed E-state index contributed by atoms with van der Waals surface area (Å²) in [6.45, 7) is 5.34. The third-order valence-electron chi connectivity index (χ3n) is 5.10. The van der Waals surface area contributed by atoms with E-state index in [2.05, 4.69) is 5.32 Å². The number of urea groups is 1. The van der Waals surface area contributed by atoms with Gasteiger partial charge in [0.25, 0.3) is 0 Å². The van der Waals surface area contributed by atoms with Gasteiger partial charge in [-0.15, -0.1) is 0 Å². The minimum Gasteiger partial charge on any atom is -0.496 e. The van der Waals surface area contributed by atoms with Crippen molar-refractivity contribution in [2.24, 2.45) is 0 Å². The zero-order valence-corrected chi connectivity index (χ0v) is 17.8. The number of aryl methyl sites for hydroxylation is 2. The Bertz CT molecular complexity index is 983. The highest BCUT2D eigenvalue weighted by Crippen LogP contribution is 2.22. The van der Waals surface area contributed by atoms with Gasteiger partial charge in [0.2, 0.25) is 10.0 Å². The highest BCUT2D eigenvalue weighted by Gasteiger charge is 2.31. The number of hydrogen-bond acceptors (Lipinski definition) is 4. The van der Waals surface area contributed by atoms with Crippen LogP contribution >= 0.6 is 0 Å². The van der Waals surface area contributed by atoms with Gasteiger partial charge in [-0.05, 0) is 31.5 Å². The average molecular weight is 418 g/mol. The van der Waals surface area contributed by atoms with Crippen molar-refractivity contribution < 1.29 is 17.9 Å². The fraction of sp³-hybridized carbons (Fsp3) is 0.381. The summed E-state index contributed by atoms with van der Waals surface area (Å²) in [5.41, 5.74) is 2.65. The molecule has 156 valence electrons. The molecule has 0 aromatic heterocycles. The van der Waals surface area contributed by atoms with Gasteiger partial charge in [0.1, 0.15) is 5.75 Å². The van der Waals surface area contributed by atoms with Crippen molar-refractivity contribution in [2.45, 2.75) is 25.3 Å². The molecule has 2 amide bonds. The molecule has 8 heteroatoms. The molecule has 1 aliphatic heterocycles. The van der Waals surface area contributed by atoms with Crippen LogP contribution in [0.4, 0.5) is 4.79 Å². The summed E-state index contributed by atoms with van der Waals surface area (Å²) in [5, 5.41) is 2.88. The fourth-order valence-electron chi connectivity index (χ4n) is 3.49. The van der Waals surface area contributed by atoms with E-state index in [0.29, 0.717) is 24.5 Å². The number of rotatable bonds is 5. The van der Waals surface area contributed by atoms with E-state index in [9.17, 15) is 13.2 Å². The first-order chi connectivity index (χ1) is 13.8. The number of ether oxygens (including phenoxy) is 1. The molecule has 0 atom stereocenters. The van der Waals surface area contributed by atoms with Crippen LogP contribution < -0.4 is 10.1 Å². The summed E-state index contributed by atoms with van der Waals surface area (Å²) in [6, 6.07) is 12.6. The number of sulfonamides is 1. The van der Waals surface area contributed by atoms with Crippen molar-refractivity contribution in [2.75, 3.05) is 33.3 Å². The number of hydrogen-bond donors (Lipinski definition) is 1. The van der Waals surface area contributed by atoms with E-state index >= 15 is 0 Å². The molecule has 7 nitrogen and oxygen atoms in total. The number of nitrogens with zero attached hydrogens (tertiary/aromatic N) is 2. The van der Waals surface area contributed by atoms with Crippen LogP contribution in [0.3, 0.4) is 0 Å². The molecule has 0 aliphatic carbocycles. The van der Waals surface area contributed by atoms with E-state index in [0.717, 1.165) is 22.4 Å². The molecule has 29 heavy (non-hydrogen) atoms. The van der Waals surface area contributed by atoms with Gasteiger partial charge in [-0.3, -0.25) is 0 Å². The minimum absolute atomic E-state index is 0.209. The van der Waals surface area contributed by atoms with E-state index < -0.39 is 10.0 Å². The molecular formula is C21H27N3O4S. The van der Waals surface area contributed by atoms with Crippen LogP contribution in [0.5, 0.6) is 5.75 Å². The van der Waals surface area contributed by atoms with Gasteiger partial charge in [0.15, 0.2) is 0 Å². The molecule has 3 rings (SSSR count). The second kappa shape index (κ2) is 8.84. The average Bonchev–Trinajstić information content (AvgIpc) is 2.72. The molecule has 1 fully saturated rings. The number of benzene rings is 2. The lowest BCUT2D eigenvalue weighted by atomic mass is 10.2. The summed E-state index contributed by atoms with van der Waals surface area (Å²) < 4.78 is 32.7. The third-order valence-corrected chi connectivity index (χ3v) is 7.16. The van der Waals surface area contributed by atoms with E-state index in [1.54, 1.807) is 31.1 Å². The molecule has 0 bridgehead atoms. The topological polar surface area (TPSA) is 79.0 Å². The van der Waals surface area contributed by atoms with Crippen LogP contribution in [0, 0.1) is 13.8 Å². The van der Waals surface area contributed by atoms with E-state index in [1.165, 1.54) is 4.31 Å². The quantitative estimate of drug-likeness (QED) is 0.811. The maximum atomic E-state index is 13.0. The van der Waals surface area contributed by atoms with Crippen LogP contribution in [0.25, 0.3) is 0 Å². The van der Waals surface area contributed by atoms with Crippen LogP contribution in [-0.2, 0) is 16.6 Å². The van der Waals surface area contributed by atoms with E-state index in [1.807, 2.05) is 37.3 Å². The molecular weight excluding hydrogens is 390 g/mol. The monoisotopic (exact) mass is 417 g/mol. The largest absolute Gasteiger partial charge is 0.496 e. The Labute approximate surface area is 172 Å². The van der Waals surface area contributed by atoms with Crippen molar-refractivity contribution in [1.29, 1.82) is 0 Å². The smallest absolute Gasteiger partial charge is 0.317 e. The van der Waals surface area contributed by atoms with Crippen molar-refractivity contribution in [3.63, 3.8) is 0 Å². The Morgan fingerprint density at radius 1 is 1.07 bits per heavy atom. The Kier molecular flexibility index (Phi) is 6.44. The summed E-state index contributed by atoms with van der Waals surface area (Å²) in [4.78, 5) is 14.5. The van der Waals surface area contributed by atoms with Gasteiger partial charge in [-0.2, -0.15) is 4.31 Å². The van der Waals surface area contributed by atoms with Crippen molar-refractivity contribution in [3.05, 3.63) is 59.2 Å². The first kappa shape index (κ1) is 21.1. The van der Waals surface area contributed by atoms with E-state index in [-0.39, 0.29) is 19.1 Å². The van der Waals surface area contributed by atoms with Gasteiger partial charge in [-0.1, -0.05) is 35.9 Å². The summed E-state index contributed by atoms with van der Waals surface area (Å²) in [6.07, 6.45) is 0. The standard InChI is InChI=1S/C21H27N3O4S/c1-16-8-9-20(17(2)14-16)29(26,27)24-12-10-23(11-13-24)21(25)22-15-18-6-4-5-7-19(18)28-3/h4-9,14H,10-13,15H2,1-3H3,(H,22,25). The Morgan fingerprint density at radius 3 is 2.41 bits per heavy atom. The number of carbonyl (C=O) groups is 1. The summed E-state index contributed by atoms with van der Waals surface area (Å²) in [5.74, 6) is 0.720. The second-order valence-corrected chi connectivity index (χ2v) is 9.04. The predicted octanol–water partition coefficient (Wildman–Crippen LogP) is 2.53. The minimum atomic E-state index is -3.56. The molecule has 1 heterocycles. The zero-order valence-electron chi connectivity index (χ0n) is 17.0. The van der Waals surface area contributed by atoms with Gasteiger partial charge in [-0.25, -0.2) is 13.2 Å². The fourth-order valence-corrected chi connectivity index (χ4v) is 5.12. The predicted molar refractivity (Wildman–Crippen MR) is 111 cm³/mol. The lowest BCUT2D eigenvalue weighted by Crippen LogP contribution is -2.53. The molecule has 2 aromatic carbocycles. The molecule has 1 aliphatic rings. The number of para-hydroxylation sites is 1. The van der Waals surface area contributed by atoms with Gasteiger partial charge < -0.3 is 15.0 Å². The number of methoxy groups -OCH3 is 1. The van der Waals surface area contributed by atoms with Crippen LogP contribution in [0.1, 0.15) is 16.7 Å². The normalized spacial score (nSPS) is 15.2. The number of carbonyl (C=O) groups excluding carboxylic acids is 1.